The van der Waals surface area contributed by atoms with E-state index in [4.69, 9.17) is 10.5 Å². The lowest BCUT2D eigenvalue weighted by molar-refractivity contribution is 0.0938. The molecule has 1 aliphatic heterocycles. The Morgan fingerprint density at radius 3 is 2.39 bits per heavy atom. The molecule has 0 bridgehead atoms. The van der Waals surface area contributed by atoms with Gasteiger partial charge in [0, 0.05) is 17.7 Å². The van der Waals surface area contributed by atoms with Crippen molar-refractivity contribution in [3.05, 3.63) is 131 Å². The molecule has 6 nitrogen and oxygen atoms in total. The van der Waals surface area contributed by atoms with Gasteiger partial charge in [0.05, 0.1) is 18.3 Å². The van der Waals surface area contributed by atoms with Gasteiger partial charge in [0.15, 0.2) is 0 Å². The van der Waals surface area contributed by atoms with Crippen LogP contribution in [0.4, 0.5) is 5.69 Å². The van der Waals surface area contributed by atoms with Crippen molar-refractivity contribution in [2.24, 2.45) is 5.73 Å². The number of amides is 2. The first-order chi connectivity index (χ1) is 20.0. The highest BCUT2D eigenvalue weighted by Crippen LogP contribution is 2.35. The van der Waals surface area contributed by atoms with Crippen molar-refractivity contribution in [2.45, 2.75) is 19.5 Å². The number of nitrogens with one attached hydrogen (secondary N) is 1. The second-order valence-electron chi connectivity index (χ2n) is 10.4. The second kappa shape index (κ2) is 11.2. The summed E-state index contributed by atoms with van der Waals surface area (Å²) >= 11 is 0. The summed E-state index contributed by atoms with van der Waals surface area (Å²) in [5.41, 5.74) is 11.7. The normalized spacial score (nSPS) is 13.2. The molecule has 5 aromatic carbocycles. The Balaban J connectivity index is 1.19. The van der Waals surface area contributed by atoms with E-state index in [1.54, 1.807) is 12.1 Å². The summed E-state index contributed by atoms with van der Waals surface area (Å²) in [5.74, 6) is 0.121. The fourth-order valence-electron chi connectivity index (χ4n) is 5.38. The van der Waals surface area contributed by atoms with Crippen LogP contribution in [0.1, 0.15) is 44.8 Å². The summed E-state index contributed by atoms with van der Waals surface area (Å²) in [6, 6.07) is 35.6. The third kappa shape index (κ3) is 5.50. The molecule has 204 valence electrons. The van der Waals surface area contributed by atoms with E-state index in [1.165, 1.54) is 5.39 Å². The summed E-state index contributed by atoms with van der Waals surface area (Å²) in [6.45, 7) is 3.93. The lowest BCUT2D eigenvalue weighted by Crippen LogP contribution is -2.33. The van der Waals surface area contributed by atoms with Gasteiger partial charge in [-0.05, 0) is 76.3 Å². The van der Waals surface area contributed by atoms with Crippen molar-refractivity contribution in [1.29, 1.82) is 0 Å². The average Bonchev–Trinajstić information content (AvgIpc) is 3.01. The van der Waals surface area contributed by atoms with Crippen molar-refractivity contribution in [3.63, 3.8) is 0 Å². The number of fused-ring (bicyclic) bond motifs is 2. The number of anilines is 1. The number of hydrogen-bond acceptors (Lipinski definition) is 4. The van der Waals surface area contributed by atoms with Crippen LogP contribution in [0.15, 0.2) is 109 Å². The summed E-state index contributed by atoms with van der Waals surface area (Å²) in [5, 5.41) is 5.46. The van der Waals surface area contributed by atoms with Gasteiger partial charge in [-0.3, -0.25) is 9.59 Å². The number of carbonyl (C=O) groups excluding carboxylic acids is 2. The van der Waals surface area contributed by atoms with E-state index in [-0.39, 0.29) is 11.9 Å². The van der Waals surface area contributed by atoms with Crippen LogP contribution in [0.5, 0.6) is 5.75 Å². The molecule has 0 spiro atoms. The minimum absolute atomic E-state index is 0.140. The van der Waals surface area contributed by atoms with E-state index in [9.17, 15) is 9.59 Å². The van der Waals surface area contributed by atoms with Crippen LogP contribution in [0.3, 0.4) is 0 Å². The van der Waals surface area contributed by atoms with E-state index in [2.05, 4.69) is 52.7 Å². The molecule has 0 radical (unpaired) electrons. The maximum absolute atomic E-state index is 13.2. The lowest BCUT2D eigenvalue weighted by Gasteiger charge is -2.32. The van der Waals surface area contributed by atoms with Crippen LogP contribution in [-0.4, -0.2) is 25.0 Å². The van der Waals surface area contributed by atoms with Crippen LogP contribution < -0.4 is 20.7 Å². The quantitative estimate of drug-likeness (QED) is 0.247. The number of ether oxygens (including phenoxy) is 1. The topological polar surface area (TPSA) is 84.7 Å². The van der Waals surface area contributed by atoms with E-state index in [1.807, 2.05) is 61.5 Å². The SMILES string of the molecule is C[C@H](NC(=O)c1ccc2c(c1)OCCN2Cc1ccccc1-c1ccc(C(N)=O)cc1)c1ccc2ccccc2c1. The molecule has 3 N–H and O–H groups in total. The van der Waals surface area contributed by atoms with Gasteiger partial charge in [0.2, 0.25) is 5.91 Å². The maximum Gasteiger partial charge on any atom is 0.251 e. The zero-order valence-corrected chi connectivity index (χ0v) is 22.8. The summed E-state index contributed by atoms with van der Waals surface area (Å²) in [4.78, 5) is 27.0. The number of hydrogen-bond donors (Lipinski definition) is 2. The van der Waals surface area contributed by atoms with E-state index < -0.39 is 5.91 Å². The molecule has 1 heterocycles. The molecular weight excluding hydrogens is 510 g/mol. The minimum Gasteiger partial charge on any atom is -0.490 e. The van der Waals surface area contributed by atoms with Crippen molar-refractivity contribution in [2.75, 3.05) is 18.1 Å². The molecule has 1 atom stereocenters. The third-order valence-electron chi connectivity index (χ3n) is 7.66. The van der Waals surface area contributed by atoms with Crippen LogP contribution in [0, 0.1) is 0 Å². The van der Waals surface area contributed by atoms with Crippen LogP contribution in [-0.2, 0) is 6.54 Å². The van der Waals surface area contributed by atoms with Gasteiger partial charge in [-0.15, -0.1) is 0 Å². The molecule has 0 aliphatic carbocycles. The Morgan fingerprint density at radius 2 is 1.59 bits per heavy atom. The molecule has 0 saturated heterocycles. The highest BCUT2D eigenvalue weighted by molar-refractivity contribution is 5.96. The molecule has 6 heteroatoms. The van der Waals surface area contributed by atoms with E-state index >= 15 is 0 Å². The monoisotopic (exact) mass is 541 g/mol. The molecule has 5 aromatic rings. The summed E-state index contributed by atoms with van der Waals surface area (Å²) < 4.78 is 6.01. The maximum atomic E-state index is 13.2. The smallest absolute Gasteiger partial charge is 0.251 e. The molecule has 2 amide bonds. The Morgan fingerprint density at radius 1 is 0.854 bits per heavy atom. The molecular formula is C35H31N3O3. The van der Waals surface area contributed by atoms with Crippen molar-refractivity contribution >= 4 is 28.3 Å². The minimum atomic E-state index is -0.439. The van der Waals surface area contributed by atoms with E-state index in [0.717, 1.165) is 39.9 Å². The average molecular weight is 542 g/mol. The van der Waals surface area contributed by atoms with Gasteiger partial charge in [0.25, 0.3) is 5.91 Å². The molecule has 1 aliphatic rings. The molecule has 41 heavy (non-hydrogen) atoms. The number of primary amides is 1. The largest absolute Gasteiger partial charge is 0.490 e. The first-order valence-corrected chi connectivity index (χ1v) is 13.8. The number of rotatable bonds is 7. The van der Waals surface area contributed by atoms with Gasteiger partial charge < -0.3 is 20.7 Å². The van der Waals surface area contributed by atoms with Crippen LogP contribution in [0.2, 0.25) is 0 Å². The number of carbonyl (C=O) groups is 2. The second-order valence-corrected chi connectivity index (χ2v) is 10.4. The van der Waals surface area contributed by atoms with Gasteiger partial charge >= 0.3 is 0 Å². The van der Waals surface area contributed by atoms with Gasteiger partial charge in [-0.2, -0.15) is 0 Å². The van der Waals surface area contributed by atoms with Gasteiger partial charge in [0.1, 0.15) is 12.4 Å². The lowest BCUT2D eigenvalue weighted by atomic mass is 9.98. The first-order valence-electron chi connectivity index (χ1n) is 13.8. The summed E-state index contributed by atoms with van der Waals surface area (Å²) in [6.07, 6.45) is 0. The van der Waals surface area contributed by atoms with Crippen molar-refractivity contribution in [3.8, 4) is 16.9 Å². The molecule has 0 fully saturated rings. The zero-order chi connectivity index (χ0) is 28.3. The fourth-order valence-corrected chi connectivity index (χ4v) is 5.38. The molecule has 0 unspecified atom stereocenters. The predicted octanol–water partition coefficient (Wildman–Crippen LogP) is 6.50. The number of nitrogens with zero attached hydrogens (tertiary/aromatic N) is 1. The highest BCUT2D eigenvalue weighted by Gasteiger charge is 2.22. The van der Waals surface area contributed by atoms with Crippen molar-refractivity contribution < 1.29 is 14.3 Å². The Labute approximate surface area is 239 Å². The third-order valence-corrected chi connectivity index (χ3v) is 7.66. The van der Waals surface area contributed by atoms with E-state index in [0.29, 0.717) is 30.0 Å². The molecule has 0 aromatic heterocycles. The molecule has 0 saturated carbocycles. The zero-order valence-electron chi connectivity index (χ0n) is 22.8. The van der Waals surface area contributed by atoms with Crippen LogP contribution >= 0.6 is 0 Å². The van der Waals surface area contributed by atoms with Gasteiger partial charge in [-0.1, -0.05) is 72.8 Å². The van der Waals surface area contributed by atoms with Gasteiger partial charge in [-0.25, -0.2) is 0 Å². The number of nitrogens with two attached hydrogens (primary N) is 1. The van der Waals surface area contributed by atoms with Crippen molar-refractivity contribution in [1.82, 2.24) is 5.32 Å². The Bertz CT molecular complexity index is 1750. The van der Waals surface area contributed by atoms with Crippen LogP contribution in [0.25, 0.3) is 21.9 Å². The Hall–Kier alpha value is -5.10. The number of benzene rings is 5. The predicted molar refractivity (Wildman–Crippen MR) is 163 cm³/mol. The summed E-state index contributed by atoms with van der Waals surface area (Å²) in [7, 11) is 0. The molecule has 6 rings (SSSR count). The Kier molecular flexibility index (Phi) is 7.13. The highest BCUT2D eigenvalue weighted by atomic mass is 16.5. The first kappa shape index (κ1) is 26.1. The standard InChI is InChI=1S/C35H31N3O3/c1-23(27-15-10-24-6-2-3-7-28(24)20-27)37-35(40)29-16-17-32-33(21-29)41-19-18-38(32)22-30-8-4-5-9-31(30)25-11-13-26(14-12-25)34(36)39/h2-17,20-21,23H,18-19,22H2,1H3,(H2,36,39)(H,37,40)/t23-/m0/s1. The fraction of sp³-hybridized carbons (Fsp3) is 0.143.